The van der Waals surface area contributed by atoms with E-state index in [1.807, 2.05) is 17.0 Å². The molecular formula is C32H34FN7O4. The molecule has 0 bridgehead atoms. The fraction of sp³-hybridized carbons (Fsp3) is 0.438. The van der Waals surface area contributed by atoms with E-state index in [0.29, 0.717) is 61.7 Å². The van der Waals surface area contributed by atoms with Crippen LogP contribution in [-0.2, 0) is 9.59 Å². The number of hydrogen-bond acceptors (Lipinski definition) is 9. The zero-order valence-corrected chi connectivity index (χ0v) is 24.6. The number of benzene rings is 1. The van der Waals surface area contributed by atoms with Gasteiger partial charge < -0.3 is 24.8 Å². The Morgan fingerprint density at radius 1 is 0.977 bits per heavy atom. The van der Waals surface area contributed by atoms with Gasteiger partial charge in [-0.25, -0.2) is 19.3 Å². The number of nitrogens with zero attached hydrogens (tertiary/aromatic N) is 6. The van der Waals surface area contributed by atoms with E-state index in [1.165, 1.54) is 0 Å². The summed E-state index contributed by atoms with van der Waals surface area (Å²) in [4.78, 5) is 56.1. The fourth-order valence-electron chi connectivity index (χ4n) is 6.31. The summed E-state index contributed by atoms with van der Waals surface area (Å²) in [5.41, 5.74) is 1.28. The van der Waals surface area contributed by atoms with Crippen LogP contribution in [0.15, 0.2) is 42.7 Å². The Kier molecular flexibility index (Phi) is 7.14. The van der Waals surface area contributed by atoms with E-state index in [0.717, 1.165) is 37.8 Å². The van der Waals surface area contributed by atoms with Crippen molar-refractivity contribution in [2.24, 2.45) is 5.92 Å². The van der Waals surface area contributed by atoms with Crippen molar-refractivity contribution in [3.63, 3.8) is 0 Å². The number of pyridine rings is 1. The maximum absolute atomic E-state index is 15.0. The molecule has 7 rings (SSSR count). The van der Waals surface area contributed by atoms with Crippen LogP contribution in [0.4, 0.5) is 21.8 Å². The second kappa shape index (κ2) is 11.1. The summed E-state index contributed by atoms with van der Waals surface area (Å²) in [5.74, 6) is 0.986. The number of carbonyl (C=O) groups is 3. The standard InChI is InChI=1S/C32H34FN7O4/c1-20(41)38-10-8-32(9-11-38)17-26(42)24-6-4-22(16-27(24)44-32)29-25(33)19-35-31(37-29)36-28-7-5-23(18-34-28)39-12-14-40(15-13-39)30(43)21-2-3-21/h4-7,16,18-19,21H,2-3,8-15,17H2,1H3,(H,34,35,36,37). The predicted molar refractivity (Wildman–Crippen MR) is 160 cm³/mol. The summed E-state index contributed by atoms with van der Waals surface area (Å²) in [6.07, 6.45) is 6.26. The SMILES string of the molecule is CC(=O)N1CCC2(CC1)CC(=O)c1ccc(-c3nc(Nc4ccc(N5CCN(C(=O)C6CC6)CC5)cn4)ncc3F)cc1O2. The maximum Gasteiger partial charge on any atom is 0.229 e. The van der Waals surface area contributed by atoms with Crippen molar-refractivity contribution < 1.29 is 23.5 Å². The molecule has 2 aromatic heterocycles. The predicted octanol–water partition coefficient (Wildman–Crippen LogP) is 3.83. The first-order valence-electron chi connectivity index (χ1n) is 15.2. The average Bonchev–Trinajstić information content (AvgIpc) is 3.88. The van der Waals surface area contributed by atoms with Crippen LogP contribution < -0.4 is 15.0 Å². The van der Waals surface area contributed by atoms with Crippen LogP contribution in [0.1, 0.15) is 49.4 Å². The average molecular weight is 600 g/mol. The van der Waals surface area contributed by atoms with Gasteiger partial charge in [0.1, 0.15) is 22.9 Å². The molecular weight excluding hydrogens is 565 g/mol. The molecule has 3 fully saturated rings. The van der Waals surface area contributed by atoms with Gasteiger partial charge in [-0.1, -0.05) is 6.07 Å². The molecule has 3 aliphatic heterocycles. The monoisotopic (exact) mass is 599 g/mol. The summed E-state index contributed by atoms with van der Waals surface area (Å²) in [5, 5.41) is 3.05. The topological polar surface area (TPSA) is 121 Å². The maximum atomic E-state index is 15.0. The second-order valence-corrected chi connectivity index (χ2v) is 12.1. The zero-order valence-electron chi connectivity index (χ0n) is 24.6. The first-order chi connectivity index (χ1) is 21.3. The number of piperazine rings is 1. The highest BCUT2D eigenvalue weighted by atomic mass is 19.1. The molecule has 0 radical (unpaired) electrons. The normalized spacial score (nSPS) is 19.4. The minimum absolute atomic E-state index is 0.00987. The third-order valence-corrected chi connectivity index (χ3v) is 9.10. The van der Waals surface area contributed by atoms with Crippen LogP contribution in [-0.4, -0.2) is 87.2 Å². The van der Waals surface area contributed by atoms with Gasteiger partial charge in [0.2, 0.25) is 17.8 Å². The van der Waals surface area contributed by atoms with E-state index in [1.54, 1.807) is 36.2 Å². The third kappa shape index (κ3) is 5.56. The highest BCUT2D eigenvalue weighted by Crippen LogP contribution is 2.41. The lowest BCUT2D eigenvalue weighted by Crippen LogP contribution is -2.51. The van der Waals surface area contributed by atoms with Crippen LogP contribution in [0.3, 0.4) is 0 Å². The number of fused-ring (bicyclic) bond motifs is 1. The van der Waals surface area contributed by atoms with E-state index in [-0.39, 0.29) is 41.6 Å². The Hall–Kier alpha value is -4.61. The van der Waals surface area contributed by atoms with Crippen LogP contribution >= 0.6 is 0 Å². The first-order valence-corrected chi connectivity index (χ1v) is 15.2. The number of halogens is 1. The number of rotatable bonds is 5. The summed E-state index contributed by atoms with van der Waals surface area (Å²) < 4.78 is 21.4. The molecule has 44 heavy (non-hydrogen) atoms. The van der Waals surface area contributed by atoms with E-state index in [4.69, 9.17) is 4.74 Å². The van der Waals surface area contributed by atoms with E-state index < -0.39 is 11.4 Å². The number of likely N-dealkylation sites (tertiary alicyclic amines) is 1. The van der Waals surface area contributed by atoms with Crippen LogP contribution in [0.25, 0.3) is 11.3 Å². The molecule has 4 aliphatic rings. The lowest BCUT2D eigenvalue weighted by molar-refractivity contribution is -0.133. The molecule has 5 heterocycles. The Labute approximate surface area is 254 Å². The van der Waals surface area contributed by atoms with Gasteiger partial charge in [0, 0.05) is 70.5 Å². The minimum Gasteiger partial charge on any atom is -0.486 e. The summed E-state index contributed by atoms with van der Waals surface area (Å²) >= 11 is 0. The van der Waals surface area contributed by atoms with E-state index >= 15 is 4.39 Å². The first kappa shape index (κ1) is 28.2. The number of piperidine rings is 1. The Bertz CT molecular complexity index is 1610. The molecule has 1 saturated carbocycles. The smallest absolute Gasteiger partial charge is 0.229 e. The highest BCUT2D eigenvalue weighted by Gasteiger charge is 2.43. The zero-order chi connectivity index (χ0) is 30.4. The second-order valence-electron chi connectivity index (χ2n) is 12.1. The molecule has 0 unspecified atom stereocenters. The van der Waals surface area contributed by atoms with Gasteiger partial charge in [-0.05, 0) is 37.1 Å². The number of nitrogens with one attached hydrogen (secondary N) is 1. The van der Waals surface area contributed by atoms with Crippen LogP contribution in [0.2, 0.25) is 0 Å². The number of ether oxygens (including phenoxy) is 1. The van der Waals surface area contributed by atoms with Crippen molar-refractivity contribution in [3.05, 3.63) is 54.1 Å². The Balaban J connectivity index is 1.04. The van der Waals surface area contributed by atoms with Gasteiger partial charge in [0.05, 0.1) is 30.1 Å². The molecule has 0 atom stereocenters. The summed E-state index contributed by atoms with van der Waals surface area (Å²) in [6, 6.07) is 8.74. The van der Waals surface area contributed by atoms with Gasteiger partial charge in [0.25, 0.3) is 0 Å². The quantitative estimate of drug-likeness (QED) is 0.467. The number of Topliss-reactive ketones (excluding diaryl/α,β-unsaturated/α-hetero) is 1. The molecule has 11 nitrogen and oxygen atoms in total. The van der Waals surface area contributed by atoms with Gasteiger partial charge in [-0.2, -0.15) is 0 Å². The van der Waals surface area contributed by atoms with Gasteiger partial charge in [0.15, 0.2) is 11.6 Å². The fourth-order valence-corrected chi connectivity index (χ4v) is 6.31. The van der Waals surface area contributed by atoms with Crippen LogP contribution in [0.5, 0.6) is 5.75 Å². The number of ketones is 1. The molecule has 228 valence electrons. The molecule has 1 spiro atoms. The van der Waals surface area contributed by atoms with Crippen molar-refractivity contribution in [1.82, 2.24) is 24.8 Å². The van der Waals surface area contributed by atoms with Crippen molar-refractivity contribution in [1.29, 1.82) is 0 Å². The van der Waals surface area contributed by atoms with Crippen LogP contribution in [0, 0.1) is 11.7 Å². The number of amides is 2. The lowest BCUT2D eigenvalue weighted by Gasteiger charge is -2.43. The number of carbonyl (C=O) groups excluding carboxylic acids is 3. The largest absolute Gasteiger partial charge is 0.486 e. The van der Waals surface area contributed by atoms with Gasteiger partial charge in [-0.3, -0.25) is 14.4 Å². The summed E-state index contributed by atoms with van der Waals surface area (Å²) in [6.45, 7) is 5.53. The molecule has 3 aromatic rings. The molecule has 2 amide bonds. The minimum atomic E-state index is -0.676. The molecule has 1 aromatic carbocycles. The highest BCUT2D eigenvalue weighted by molar-refractivity contribution is 6.01. The lowest BCUT2D eigenvalue weighted by atomic mass is 9.82. The van der Waals surface area contributed by atoms with Crippen molar-refractivity contribution in [2.75, 3.05) is 49.5 Å². The molecule has 2 saturated heterocycles. The number of aromatic nitrogens is 3. The van der Waals surface area contributed by atoms with Crippen molar-refractivity contribution >= 4 is 35.1 Å². The van der Waals surface area contributed by atoms with Gasteiger partial charge in [-0.15, -0.1) is 0 Å². The van der Waals surface area contributed by atoms with Gasteiger partial charge >= 0.3 is 0 Å². The molecule has 1 N–H and O–H groups in total. The summed E-state index contributed by atoms with van der Waals surface area (Å²) in [7, 11) is 0. The van der Waals surface area contributed by atoms with E-state index in [2.05, 4.69) is 25.2 Å². The Morgan fingerprint density at radius 2 is 1.75 bits per heavy atom. The van der Waals surface area contributed by atoms with Crippen molar-refractivity contribution in [2.45, 2.75) is 44.6 Å². The Morgan fingerprint density at radius 3 is 2.43 bits per heavy atom. The number of hydrogen-bond donors (Lipinski definition) is 1. The van der Waals surface area contributed by atoms with E-state index in [9.17, 15) is 14.4 Å². The molecule has 1 aliphatic carbocycles. The molecule has 12 heteroatoms. The third-order valence-electron chi connectivity index (χ3n) is 9.10. The number of anilines is 3. The van der Waals surface area contributed by atoms with Crippen molar-refractivity contribution in [3.8, 4) is 17.0 Å².